The normalized spacial score (nSPS) is 12.0. The third-order valence-electron chi connectivity index (χ3n) is 3.59. The Morgan fingerprint density at radius 1 is 1.21 bits per heavy atom. The lowest BCUT2D eigenvalue weighted by Gasteiger charge is -2.17. The molecule has 1 heterocycles. The lowest BCUT2D eigenvalue weighted by atomic mass is 10.0. The van der Waals surface area contributed by atoms with Gasteiger partial charge in [0.1, 0.15) is 6.04 Å². The average molecular weight is 326 g/mol. The van der Waals surface area contributed by atoms with E-state index in [1.807, 2.05) is 19.9 Å². The summed E-state index contributed by atoms with van der Waals surface area (Å²) in [6.45, 7) is 3.93. The van der Waals surface area contributed by atoms with Gasteiger partial charge in [0.25, 0.3) is 5.91 Å². The predicted octanol–water partition coefficient (Wildman–Crippen LogP) is 1.96. The average Bonchev–Trinajstić information content (AvgIpc) is 2.54. The van der Waals surface area contributed by atoms with Crippen LogP contribution in [0.25, 0.3) is 11.3 Å². The van der Waals surface area contributed by atoms with Crippen LogP contribution in [0, 0.1) is 5.92 Å². The fourth-order valence-corrected chi connectivity index (χ4v) is 2.43. The molecular formula is C18H22N4O2. The summed E-state index contributed by atoms with van der Waals surface area (Å²) in [5.74, 6) is -0.652. The van der Waals surface area contributed by atoms with Crippen molar-refractivity contribution < 1.29 is 9.59 Å². The molecule has 0 aliphatic rings. The number of nitrogens with two attached hydrogens (primary N) is 2. The number of hydrogen-bond acceptors (Lipinski definition) is 4. The molecule has 5 N–H and O–H groups in total. The summed E-state index contributed by atoms with van der Waals surface area (Å²) < 4.78 is 0. The predicted molar refractivity (Wildman–Crippen MR) is 94.0 cm³/mol. The number of carbonyl (C=O) groups is 2. The number of nitrogens with one attached hydrogen (secondary N) is 1. The monoisotopic (exact) mass is 326 g/mol. The zero-order valence-electron chi connectivity index (χ0n) is 13.8. The van der Waals surface area contributed by atoms with Gasteiger partial charge in [-0.1, -0.05) is 26.0 Å². The topological polar surface area (TPSA) is 111 Å². The van der Waals surface area contributed by atoms with Gasteiger partial charge >= 0.3 is 0 Å². The molecule has 1 aromatic carbocycles. The summed E-state index contributed by atoms with van der Waals surface area (Å²) in [7, 11) is 0. The van der Waals surface area contributed by atoms with E-state index in [4.69, 9.17) is 11.5 Å². The van der Waals surface area contributed by atoms with Crippen LogP contribution in [0.5, 0.6) is 0 Å². The van der Waals surface area contributed by atoms with Crippen LogP contribution in [0.3, 0.4) is 0 Å². The van der Waals surface area contributed by atoms with Crippen LogP contribution in [0.15, 0.2) is 42.6 Å². The highest BCUT2D eigenvalue weighted by atomic mass is 16.2. The molecule has 0 aliphatic heterocycles. The number of anilines is 1. The Morgan fingerprint density at radius 2 is 1.96 bits per heavy atom. The number of nitrogens with zero attached hydrogens (tertiary/aromatic N) is 1. The molecule has 2 rings (SSSR count). The standard InChI is InChI=1S/C18H22N4O2/c1-11(2)9-15(17(20)23)22-18(24)13-6-3-5-12(10-13)16-14(19)7-4-8-21-16/h3-8,10-11,15H,9,19H2,1-2H3,(H2,20,23)(H,22,24)/t15-/m0/s1. The summed E-state index contributed by atoms with van der Waals surface area (Å²) in [6.07, 6.45) is 2.14. The Bertz CT molecular complexity index is 743. The number of pyridine rings is 1. The molecule has 0 saturated carbocycles. The second-order valence-corrected chi connectivity index (χ2v) is 6.08. The molecule has 0 aliphatic carbocycles. The molecule has 0 fully saturated rings. The second kappa shape index (κ2) is 7.59. The molecule has 0 unspecified atom stereocenters. The molecule has 0 radical (unpaired) electrons. The van der Waals surface area contributed by atoms with Gasteiger partial charge in [-0.15, -0.1) is 0 Å². The molecule has 2 aromatic rings. The van der Waals surface area contributed by atoms with Gasteiger partial charge in [-0.2, -0.15) is 0 Å². The quantitative estimate of drug-likeness (QED) is 0.753. The Kier molecular flexibility index (Phi) is 5.52. The van der Waals surface area contributed by atoms with E-state index in [0.29, 0.717) is 23.4 Å². The first-order valence-corrected chi connectivity index (χ1v) is 7.79. The number of benzene rings is 1. The van der Waals surface area contributed by atoms with E-state index < -0.39 is 11.9 Å². The molecule has 2 amide bonds. The Labute approximate surface area is 141 Å². The van der Waals surface area contributed by atoms with Crippen LogP contribution in [0.4, 0.5) is 5.69 Å². The first-order valence-electron chi connectivity index (χ1n) is 7.79. The van der Waals surface area contributed by atoms with Gasteiger partial charge in [0.15, 0.2) is 0 Å². The number of nitrogen functional groups attached to an aromatic ring is 1. The maximum atomic E-state index is 12.4. The van der Waals surface area contributed by atoms with Crippen LogP contribution < -0.4 is 16.8 Å². The zero-order chi connectivity index (χ0) is 17.7. The summed E-state index contributed by atoms with van der Waals surface area (Å²) in [5.41, 5.74) is 13.6. The highest BCUT2D eigenvalue weighted by molar-refractivity contribution is 5.98. The molecule has 0 bridgehead atoms. The maximum Gasteiger partial charge on any atom is 0.251 e. The summed E-state index contributed by atoms with van der Waals surface area (Å²) in [5, 5.41) is 2.69. The Balaban J connectivity index is 2.23. The Morgan fingerprint density at radius 3 is 2.58 bits per heavy atom. The van der Waals surface area contributed by atoms with Crippen molar-refractivity contribution in [2.75, 3.05) is 5.73 Å². The molecule has 1 atom stereocenters. The van der Waals surface area contributed by atoms with Gasteiger partial charge < -0.3 is 16.8 Å². The van der Waals surface area contributed by atoms with Crippen molar-refractivity contribution in [3.8, 4) is 11.3 Å². The second-order valence-electron chi connectivity index (χ2n) is 6.08. The molecule has 6 heteroatoms. The van der Waals surface area contributed by atoms with Gasteiger partial charge in [0.05, 0.1) is 11.4 Å². The lowest BCUT2D eigenvalue weighted by molar-refractivity contribution is -0.120. The minimum absolute atomic E-state index is 0.238. The maximum absolute atomic E-state index is 12.4. The number of rotatable bonds is 6. The highest BCUT2D eigenvalue weighted by Crippen LogP contribution is 2.23. The van der Waals surface area contributed by atoms with Crippen molar-refractivity contribution >= 4 is 17.5 Å². The van der Waals surface area contributed by atoms with Crippen molar-refractivity contribution in [2.24, 2.45) is 11.7 Å². The summed E-state index contributed by atoms with van der Waals surface area (Å²) in [4.78, 5) is 28.2. The first kappa shape index (κ1) is 17.5. The number of aromatic nitrogens is 1. The largest absolute Gasteiger partial charge is 0.397 e. The fourth-order valence-electron chi connectivity index (χ4n) is 2.43. The van der Waals surface area contributed by atoms with Crippen LogP contribution in [0.1, 0.15) is 30.6 Å². The van der Waals surface area contributed by atoms with Crippen molar-refractivity contribution in [3.05, 3.63) is 48.2 Å². The van der Waals surface area contributed by atoms with Gasteiger partial charge in [-0.25, -0.2) is 0 Å². The van der Waals surface area contributed by atoms with E-state index in [-0.39, 0.29) is 11.8 Å². The fraction of sp³-hybridized carbons (Fsp3) is 0.278. The van der Waals surface area contributed by atoms with Gasteiger partial charge in [-0.3, -0.25) is 14.6 Å². The van der Waals surface area contributed by atoms with Gasteiger partial charge in [-0.05, 0) is 36.6 Å². The molecule has 126 valence electrons. The van der Waals surface area contributed by atoms with E-state index in [2.05, 4.69) is 10.3 Å². The van der Waals surface area contributed by atoms with Crippen LogP contribution in [-0.4, -0.2) is 22.8 Å². The third kappa shape index (κ3) is 4.32. The van der Waals surface area contributed by atoms with Crippen LogP contribution in [0.2, 0.25) is 0 Å². The van der Waals surface area contributed by atoms with Gasteiger partial charge in [0, 0.05) is 17.3 Å². The Hall–Kier alpha value is -2.89. The minimum Gasteiger partial charge on any atom is -0.397 e. The molecule has 6 nitrogen and oxygen atoms in total. The van der Waals surface area contributed by atoms with E-state index in [1.165, 1.54) is 0 Å². The van der Waals surface area contributed by atoms with E-state index in [9.17, 15) is 9.59 Å². The SMILES string of the molecule is CC(C)C[C@H](NC(=O)c1cccc(-c2ncccc2N)c1)C(N)=O. The highest BCUT2D eigenvalue weighted by Gasteiger charge is 2.20. The van der Waals surface area contributed by atoms with E-state index >= 15 is 0 Å². The van der Waals surface area contributed by atoms with Crippen molar-refractivity contribution in [2.45, 2.75) is 26.3 Å². The lowest BCUT2D eigenvalue weighted by Crippen LogP contribution is -2.45. The smallest absolute Gasteiger partial charge is 0.251 e. The first-order chi connectivity index (χ1) is 11.4. The van der Waals surface area contributed by atoms with Crippen molar-refractivity contribution in [1.29, 1.82) is 0 Å². The van der Waals surface area contributed by atoms with Gasteiger partial charge in [0.2, 0.25) is 5.91 Å². The minimum atomic E-state index is -0.693. The number of carbonyl (C=O) groups excluding carboxylic acids is 2. The third-order valence-corrected chi connectivity index (χ3v) is 3.59. The van der Waals surface area contributed by atoms with Crippen LogP contribution >= 0.6 is 0 Å². The van der Waals surface area contributed by atoms with E-state index in [1.54, 1.807) is 36.5 Å². The number of primary amides is 1. The molecule has 24 heavy (non-hydrogen) atoms. The number of amides is 2. The zero-order valence-corrected chi connectivity index (χ0v) is 13.8. The molecule has 0 spiro atoms. The molecular weight excluding hydrogens is 304 g/mol. The molecule has 0 saturated heterocycles. The van der Waals surface area contributed by atoms with Crippen molar-refractivity contribution in [1.82, 2.24) is 10.3 Å². The van der Waals surface area contributed by atoms with E-state index in [0.717, 1.165) is 5.56 Å². The summed E-state index contributed by atoms with van der Waals surface area (Å²) >= 11 is 0. The van der Waals surface area contributed by atoms with Crippen LogP contribution in [-0.2, 0) is 4.79 Å². The molecule has 1 aromatic heterocycles. The van der Waals surface area contributed by atoms with Crippen molar-refractivity contribution in [3.63, 3.8) is 0 Å². The summed E-state index contributed by atoms with van der Waals surface area (Å²) in [6, 6.07) is 9.75. The number of hydrogen-bond donors (Lipinski definition) is 3.